The molecular formula is C28H24N4O. The van der Waals surface area contributed by atoms with Crippen molar-refractivity contribution in [2.24, 2.45) is 0 Å². The SMILES string of the molecule is N#Cc1ccc(-c2ccc(N3CCNCC3)c(NC(=O)c3cccc4ccccc34)c2)cc1. The number of amides is 1. The quantitative estimate of drug-likeness (QED) is 0.474. The average Bonchev–Trinajstić information content (AvgIpc) is 2.89. The van der Waals surface area contributed by atoms with Crippen LogP contribution in [0.4, 0.5) is 11.4 Å². The van der Waals surface area contributed by atoms with E-state index in [1.807, 2.05) is 72.8 Å². The van der Waals surface area contributed by atoms with E-state index < -0.39 is 0 Å². The Balaban J connectivity index is 1.54. The highest BCUT2D eigenvalue weighted by molar-refractivity contribution is 6.14. The van der Waals surface area contributed by atoms with Gasteiger partial charge in [-0.2, -0.15) is 5.26 Å². The Kier molecular flexibility index (Phi) is 5.75. The van der Waals surface area contributed by atoms with Gasteiger partial charge in [-0.15, -0.1) is 0 Å². The first kappa shape index (κ1) is 20.7. The molecule has 0 unspecified atom stereocenters. The lowest BCUT2D eigenvalue weighted by Crippen LogP contribution is -2.43. The fourth-order valence-corrected chi connectivity index (χ4v) is 4.35. The molecule has 33 heavy (non-hydrogen) atoms. The molecule has 0 saturated carbocycles. The van der Waals surface area contributed by atoms with Crippen molar-refractivity contribution in [1.82, 2.24) is 5.32 Å². The molecule has 4 aromatic carbocycles. The molecule has 0 radical (unpaired) electrons. The van der Waals surface area contributed by atoms with Gasteiger partial charge in [-0.1, -0.05) is 54.6 Å². The van der Waals surface area contributed by atoms with Gasteiger partial charge in [0.15, 0.2) is 0 Å². The summed E-state index contributed by atoms with van der Waals surface area (Å²) in [6.45, 7) is 3.59. The van der Waals surface area contributed by atoms with Crippen molar-refractivity contribution in [2.75, 3.05) is 36.4 Å². The van der Waals surface area contributed by atoms with Crippen molar-refractivity contribution < 1.29 is 4.79 Å². The zero-order chi connectivity index (χ0) is 22.6. The molecule has 5 heteroatoms. The summed E-state index contributed by atoms with van der Waals surface area (Å²) in [5, 5.41) is 17.7. The summed E-state index contributed by atoms with van der Waals surface area (Å²) in [6, 6.07) is 29.6. The van der Waals surface area contributed by atoms with E-state index in [-0.39, 0.29) is 5.91 Å². The molecule has 1 aliphatic heterocycles. The van der Waals surface area contributed by atoms with Crippen LogP contribution in [0, 0.1) is 11.3 Å². The molecule has 0 aromatic heterocycles. The number of fused-ring (bicyclic) bond motifs is 1. The van der Waals surface area contributed by atoms with Gasteiger partial charge >= 0.3 is 0 Å². The number of hydrogen-bond acceptors (Lipinski definition) is 4. The van der Waals surface area contributed by atoms with E-state index in [2.05, 4.69) is 33.7 Å². The minimum atomic E-state index is -0.125. The Hall–Kier alpha value is -4.14. The molecule has 4 aromatic rings. The smallest absolute Gasteiger partial charge is 0.256 e. The van der Waals surface area contributed by atoms with E-state index in [1.165, 1.54) is 0 Å². The number of hydrogen-bond donors (Lipinski definition) is 2. The maximum absolute atomic E-state index is 13.4. The van der Waals surface area contributed by atoms with E-state index in [0.29, 0.717) is 11.1 Å². The number of carbonyl (C=O) groups excluding carboxylic acids is 1. The Morgan fingerprint density at radius 2 is 1.61 bits per heavy atom. The lowest BCUT2D eigenvalue weighted by atomic mass is 10.0. The van der Waals surface area contributed by atoms with E-state index in [0.717, 1.165) is 59.5 Å². The standard InChI is InChI=1S/C28H24N4O/c29-19-20-8-10-21(11-9-20)23-12-13-27(32-16-14-30-15-17-32)26(18-23)31-28(33)25-7-3-5-22-4-1-2-6-24(22)25/h1-13,18,30H,14-17H2,(H,31,33). The zero-order valence-corrected chi connectivity index (χ0v) is 18.2. The number of rotatable bonds is 4. The van der Waals surface area contributed by atoms with Gasteiger partial charge in [-0.3, -0.25) is 4.79 Å². The van der Waals surface area contributed by atoms with Crippen molar-refractivity contribution in [3.05, 3.63) is 96.1 Å². The van der Waals surface area contributed by atoms with E-state index in [1.54, 1.807) is 0 Å². The molecule has 1 fully saturated rings. The maximum Gasteiger partial charge on any atom is 0.256 e. The molecule has 2 N–H and O–H groups in total. The van der Waals surface area contributed by atoms with Gasteiger partial charge in [-0.05, 0) is 52.2 Å². The Bertz CT molecular complexity index is 1340. The zero-order valence-electron chi connectivity index (χ0n) is 18.2. The molecule has 162 valence electrons. The first-order chi connectivity index (χ1) is 16.2. The molecule has 1 aliphatic rings. The molecular weight excluding hydrogens is 408 g/mol. The topological polar surface area (TPSA) is 68.2 Å². The van der Waals surface area contributed by atoms with Crippen LogP contribution in [0.25, 0.3) is 21.9 Å². The maximum atomic E-state index is 13.4. The summed E-state index contributed by atoms with van der Waals surface area (Å²) in [5.74, 6) is -0.125. The van der Waals surface area contributed by atoms with E-state index >= 15 is 0 Å². The second-order valence-corrected chi connectivity index (χ2v) is 8.14. The number of anilines is 2. The van der Waals surface area contributed by atoms with Crippen LogP contribution in [0.3, 0.4) is 0 Å². The number of nitrogens with zero attached hydrogens (tertiary/aromatic N) is 2. The van der Waals surface area contributed by atoms with Crippen LogP contribution in [0.1, 0.15) is 15.9 Å². The molecule has 0 aliphatic carbocycles. The molecule has 5 rings (SSSR count). The molecule has 5 nitrogen and oxygen atoms in total. The van der Waals surface area contributed by atoms with Gasteiger partial charge in [0.05, 0.1) is 23.0 Å². The van der Waals surface area contributed by atoms with Crippen LogP contribution in [0.2, 0.25) is 0 Å². The van der Waals surface area contributed by atoms with Crippen LogP contribution in [0.15, 0.2) is 84.9 Å². The molecule has 1 amide bonds. The number of piperazine rings is 1. The predicted molar refractivity (Wildman–Crippen MR) is 134 cm³/mol. The highest BCUT2D eigenvalue weighted by atomic mass is 16.1. The number of benzene rings is 4. The predicted octanol–water partition coefficient (Wildman–Crippen LogP) is 5.04. The Labute approximate surface area is 193 Å². The molecule has 1 saturated heterocycles. The lowest BCUT2D eigenvalue weighted by molar-refractivity contribution is 0.102. The molecule has 0 spiro atoms. The van der Waals surface area contributed by atoms with Gasteiger partial charge in [0.25, 0.3) is 5.91 Å². The van der Waals surface area contributed by atoms with Crippen LogP contribution >= 0.6 is 0 Å². The third kappa shape index (κ3) is 4.30. The third-order valence-corrected chi connectivity index (χ3v) is 6.08. The van der Waals surface area contributed by atoms with E-state index in [4.69, 9.17) is 5.26 Å². The minimum Gasteiger partial charge on any atom is -0.367 e. The second-order valence-electron chi connectivity index (χ2n) is 8.14. The van der Waals surface area contributed by atoms with Gasteiger partial charge < -0.3 is 15.5 Å². The van der Waals surface area contributed by atoms with Gasteiger partial charge in [0, 0.05) is 31.7 Å². The highest BCUT2D eigenvalue weighted by Gasteiger charge is 2.18. The highest BCUT2D eigenvalue weighted by Crippen LogP contribution is 2.33. The van der Waals surface area contributed by atoms with Gasteiger partial charge in [0.2, 0.25) is 0 Å². The van der Waals surface area contributed by atoms with Crippen LogP contribution in [-0.4, -0.2) is 32.1 Å². The van der Waals surface area contributed by atoms with Crippen molar-refractivity contribution >= 4 is 28.1 Å². The largest absolute Gasteiger partial charge is 0.367 e. The summed E-state index contributed by atoms with van der Waals surface area (Å²) in [4.78, 5) is 15.7. The number of carbonyl (C=O) groups is 1. The first-order valence-electron chi connectivity index (χ1n) is 11.1. The van der Waals surface area contributed by atoms with Crippen LogP contribution < -0.4 is 15.5 Å². The first-order valence-corrected chi connectivity index (χ1v) is 11.1. The van der Waals surface area contributed by atoms with Crippen LogP contribution in [-0.2, 0) is 0 Å². The van der Waals surface area contributed by atoms with Gasteiger partial charge in [0.1, 0.15) is 0 Å². The van der Waals surface area contributed by atoms with Crippen molar-refractivity contribution in [3.63, 3.8) is 0 Å². The monoisotopic (exact) mass is 432 g/mol. The summed E-state index contributed by atoms with van der Waals surface area (Å²) in [6.07, 6.45) is 0. The van der Waals surface area contributed by atoms with Crippen LogP contribution in [0.5, 0.6) is 0 Å². The summed E-state index contributed by atoms with van der Waals surface area (Å²) in [5.41, 5.74) is 5.08. The Morgan fingerprint density at radius 1 is 0.879 bits per heavy atom. The Morgan fingerprint density at radius 3 is 2.39 bits per heavy atom. The normalized spacial score (nSPS) is 13.5. The molecule has 1 heterocycles. The summed E-state index contributed by atoms with van der Waals surface area (Å²) in [7, 11) is 0. The van der Waals surface area contributed by atoms with Crippen molar-refractivity contribution in [2.45, 2.75) is 0 Å². The number of nitriles is 1. The fourth-order valence-electron chi connectivity index (χ4n) is 4.35. The van der Waals surface area contributed by atoms with Gasteiger partial charge in [-0.25, -0.2) is 0 Å². The summed E-state index contributed by atoms with van der Waals surface area (Å²) >= 11 is 0. The fraction of sp³-hybridized carbons (Fsp3) is 0.143. The van der Waals surface area contributed by atoms with Crippen molar-refractivity contribution in [3.8, 4) is 17.2 Å². The third-order valence-electron chi connectivity index (χ3n) is 6.08. The molecule has 0 atom stereocenters. The minimum absolute atomic E-state index is 0.125. The van der Waals surface area contributed by atoms with Crippen molar-refractivity contribution in [1.29, 1.82) is 5.26 Å². The summed E-state index contributed by atoms with van der Waals surface area (Å²) < 4.78 is 0. The van der Waals surface area contributed by atoms with E-state index in [9.17, 15) is 4.79 Å². The lowest BCUT2D eigenvalue weighted by Gasteiger charge is -2.31. The molecule has 0 bridgehead atoms. The number of nitrogens with one attached hydrogen (secondary N) is 2. The average molecular weight is 433 g/mol. The second kappa shape index (κ2) is 9.15.